The summed E-state index contributed by atoms with van der Waals surface area (Å²) in [7, 11) is 0. The van der Waals surface area contributed by atoms with E-state index in [4.69, 9.17) is 13.6 Å². The molecule has 3 aromatic rings. The molecule has 3 aromatic carbocycles. The van der Waals surface area contributed by atoms with Crippen LogP contribution in [-0.2, 0) is 0 Å². The fourth-order valence-electron chi connectivity index (χ4n) is 2.24. The maximum atomic E-state index is 6.14. The summed E-state index contributed by atoms with van der Waals surface area (Å²) in [6, 6.07) is 23.5. The summed E-state index contributed by atoms with van der Waals surface area (Å²) in [5.74, 6) is 2.09. The number of hydrogen-bond acceptors (Lipinski definition) is 3. The van der Waals surface area contributed by atoms with Crippen molar-refractivity contribution in [3.05, 3.63) is 89.5 Å². The van der Waals surface area contributed by atoms with Crippen molar-refractivity contribution in [1.82, 2.24) is 0 Å². The molecule has 0 aromatic heterocycles. The molecular weight excluding hydrogens is 410 g/mol. The first kappa shape index (κ1) is 18.8. The first-order valence-electron chi connectivity index (χ1n) is 8.31. The average molecular weight is 431 g/mol. The number of hydrogen-bond donors (Lipinski definition) is 0. The van der Waals surface area contributed by atoms with E-state index in [2.05, 4.69) is 15.1 Å². The van der Waals surface area contributed by atoms with E-state index in [-0.39, 0.29) is 0 Å². The molecule has 0 aliphatic carbocycles. The van der Waals surface area contributed by atoms with Crippen LogP contribution in [0.25, 0.3) is 0 Å². The molecule has 3 nitrogen and oxygen atoms in total. The van der Waals surface area contributed by atoms with Crippen molar-refractivity contribution in [2.45, 2.75) is 20.8 Å². The Kier molecular flexibility index (Phi) is 5.88. The molecule has 0 spiro atoms. The molecule has 0 heterocycles. The molecule has 0 unspecified atom stereocenters. The standard InChI is InChI=1S/C21H21O3PSe/c1-16-4-10-19(11-5-16)22-25(26,23-20-12-6-17(2)7-13-20)24-21-14-8-18(3)9-15-21/h4-15H,1-3H3. The van der Waals surface area contributed by atoms with Crippen LogP contribution in [-0.4, -0.2) is 15.1 Å². The quantitative estimate of drug-likeness (QED) is 0.354. The van der Waals surface area contributed by atoms with Crippen molar-refractivity contribution in [3.8, 4) is 17.2 Å². The van der Waals surface area contributed by atoms with Gasteiger partial charge in [0, 0.05) is 0 Å². The third-order valence-corrected chi connectivity index (χ3v) is 6.43. The molecule has 0 saturated carbocycles. The zero-order chi connectivity index (χ0) is 18.6. The summed E-state index contributed by atoms with van der Waals surface area (Å²) in [6.07, 6.45) is -2.81. The van der Waals surface area contributed by atoms with Gasteiger partial charge in [0.05, 0.1) is 0 Å². The van der Waals surface area contributed by atoms with Gasteiger partial charge in [0.15, 0.2) is 0 Å². The van der Waals surface area contributed by atoms with E-state index >= 15 is 0 Å². The Morgan fingerprint density at radius 2 is 0.731 bits per heavy atom. The predicted octanol–water partition coefficient (Wildman–Crippen LogP) is 5.99. The molecule has 134 valence electrons. The van der Waals surface area contributed by atoms with Gasteiger partial charge in [-0.25, -0.2) is 0 Å². The van der Waals surface area contributed by atoms with Gasteiger partial charge in [-0.15, -0.1) is 0 Å². The Bertz CT molecular complexity index is 781. The minimum atomic E-state index is -2.81. The van der Waals surface area contributed by atoms with Crippen molar-refractivity contribution >= 4 is 21.3 Å². The van der Waals surface area contributed by atoms with Crippen molar-refractivity contribution in [3.63, 3.8) is 0 Å². The molecule has 0 amide bonds. The first-order chi connectivity index (χ1) is 12.4. The molecule has 0 bridgehead atoms. The third kappa shape index (κ3) is 5.25. The summed E-state index contributed by atoms with van der Waals surface area (Å²) >= 11 is 3.02. The Morgan fingerprint density at radius 1 is 0.500 bits per heavy atom. The predicted molar refractivity (Wildman–Crippen MR) is 108 cm³/mol. The van der Waals surface area contributed by atoms with Crippen molar-refractivity contribution in [2.24, 2.45) is 0 Å². The van der Waals surface area contributed by atoms with Crippen LogP contribution >= 0.6 is 6.19 Å². The Hall–Kier alpha value is -1.99. The molecule has 0 atom stereocenters. The number of benzene rings is 3. The summed E-state index contributed by atoms with van der Waals surface area (Å²) in [5, 5.41) is 0. The number of rotatable bonds is 6. The second kappa shape index (κ2) is 8.14. The fourth-order valence-corrected chi connectivity index (χ4v) is 5.12. The molecule has 0 fully saturated rings. The van der Waals surface area contributed by atoms with Crippen LogP contribution in [0.2, 0.25) is 0 Å². The van der Waals surface area contributed by atoms with Gasteiger partial charge in [-0.3, -0.25) is 0 Å². The first-order valence-corrected chi connectivity index (χ1v) is 12.1. The minimum absolute atomic E-state index is 0.696. The third-order valence-electron chi connectivity index (χ3n) is 3.71. The molecule has 0 radical (unpaired) electrons. The molecular formula is C21H21O3PSe. The van der Waals surface area contributed by atoms with Crippen molar-refractivity contribution in [1.29, 1.82) is 0 Å². The van der Waals surface area contributed by atoms with Gasteiger partial charge in [-0.05, 0) is 0 Å². The zero-order valence-electron chi connectivity index (χ0n) is 15.0. The Labute approximate surface area is 162 Å². The molecule has 5 heteroatoms. The van der Waals surface area contributed by atoms with Gasteiger partial charge in [0.25, 0.3) is 0 Å². The van der Waals surface area contributed by atoms with Gasteiger partial charge in [0.2, 0.25) is 0 Å². The molecule has 0 saturated heterocycles. The van der Waals surface area contributed by atoms with Crippen LogP contribution in [0.3, 0.4) is 0 Å². The molecule has 0 N–H and O–H groups in total. The van der Waals surface area contributed by atoms with Crippen LogP contribution in [0.4, 0.5) is 0 Å². The molecule has 0 aliphatic heterocycles. The van der Waals surface area contributed by atoms with Crippen LogP contribution in [0.5, 0.6) is 17.2 Å². The maximum absolute atomic E-state index is 6.14. The van der Waals surface area contributed by atoms with E-state index < -0.39 is 6.19 Å². The van der Waals surface area contributed by atoms with E-state index in [0.29, 0.717) is 17.2 Å². The zero-order valence-corrected chi connectivity index (χ0v) is 17.6. The van der Waals surface area contributed by atoms with Gasteiger partial charge in [-0.2, -0.15) is 0 Å². The van der Waals surface area contributed by atoms with E-state index in [0.717, 1.165) is 0 Å². The average Bonchev–Trinajstić information content (AvgIpc) is 2.61. The van der Waals surface area contributed by atoms with Gasteiger partial charge < -0.3 is 0 Å². The van der Waals surface area contributed by atoms with Crippen LogP contribution in [0.1, 0.15) is 16.7 Å². The van der Waals surface area contributed by atoms with Crippen molar-refractivity contribution < 1.29 is 13.6 Å². The Morgan fingerprint density at radius 3 is 0.962 bits per heavy atom. The second-order valence-corrected chi connectivity index (χ2v) is 10.4. The molecule has 26 heavy (non-hydrogen) atoms. The van der Waals surface area contributed by atoms with Gasteiger partial charge >= 0.3 is 162 Å². The molecule has 3 rings (SSSR count). The van der Waals surface area contributed by atoms with E-state index in [1.807, 2.05) is 93.6 Å². The van der Waals surface area contributed by atoms with E-state index in [1.165, 1.54) is 16.7 Å². The monoisotopic (exact) mass is 432 g/mol. The summed E-state index contributed by atoms with van der Waals surface area (Å²) in [6.45, 7) is 6.11. The SMILES string of the molecule is Cc1ccc(OP(=[Se])(Oc2ccc(C)cc2)Oc2ccc(C)cc2)cc1. The van der Waals surface area contributed by atoms with Crippen LogP contribution in [0, 0.1) is 20.8 Å². The summed E-state index contributed by atoms with van der Waals surface area (Å²) in [4.78, 5) is 0. The summed E-state index contributed by atoms with van der Waals surface area (Å²) in [5.41, 5.74) is 3.50. The topological polar surface area (TPSA) is 27.7 Å². The van der Waals surface area contributed by atoms with Crippen LogP contribution < -0.4 is 13.6 Å². The van der Waals surface area contributed by atoms with E-state index in [9.17, 15) is 0 Å². The summed E-state index contributed by atoms with van der Waals surface area (Å²) < 4.78 is 18.4. The van der Waals surface area contributed by atoms with Crippen molar-refractivity contribution in [2.75, 3.05) is 0 Å². The fraction of sp³-hybridized carbons (Fsp3) is 0.143. The number of aryl methyl sites for hydroxylation is 3. The normalized spacial score (nSPS) is 11.0. The van der Waals surface area contributed by atoms with Gasteiger partial charge in [-0.1, -0.05) is 0 Å². The van der Waals surface area contributed by atoms with E-state index in [1.54, 1.807) is 0 Å². The second-order valence-electron chi connectivity index (χ2n) is 6.16. The van der Waals surface area contributed by atoms with Crippen LogP contribution in [0.15, 0.2) is 72.8 Å². The molecule has 0 aliphatic rings. The van der Waals surface area contributed by atoms with Gasteiger partial charge in [0.1, 0.15) is 0 Å². The Balaban J connectivity index is 1.88.